The first kappa shape index (κ1) is 17.0. The Morgan fingerprint density at radius 2 is 1.91 bits per heavy atom. The average molecular weight is 315 g/mol. The van der Waals surface area contributed by atoms with Crippen molar-refractivity contribution in [3.63, 3.8) is 0 Å². The van der Waals surface area contributed by atoms with Crippen molar-refractivity contribution in [2.24, 2.45) is 4.99 Å². The van der Waals surface area contributed by atoms with Crippen LogP contribution in [0.1, 0.15) is 6.92 Å². The van der Waals surface area contributed by atoms with Crippen LogP contribution in [0.5, 0.6) is 0 Å². The molecular weight excluding hydrogens is 290 g/mol. The first-order chi connectivity index (χ1) is 11.3. The van der Waals surface area contributed by atoms with Gasteiger partial charge in [-0.25, -0.2) is 4.98 Å². The fourth-order valence-corrected chi connectivity index (χ4v) is 2.14. The molecule has 0 saturated carbocycles. The summed E-state index contributed by atoms with van der Waals surface area (Å²) in [7, 11) is 1.76. The van der Waals surface area contributed by atoms with E-state index in [2.05, 4.69) is 38.1 Å². The van der Waals surface area contributed by atoms with Gasteiger partial charge in [0.1, 0.15) is 5.82 Å². The van der Waals surface area contributed by atoms with Crippen LogP contribution in [0.15, 0.2) is 41.4 Å². The van der Waals surface area contributed by atoms with Crippen LogP contribution in [0.25, 0.3) is 10.9 Å². The van der Waals surface area contributed by atoms with Gasteiger partial charge in [-0.05, 0) is 25.1 Å². The molecule has 0 bridgehead atoms. The highest BCUT2D eigenvalue weighted by Crippen LogP contribution is 2.13. The van der Waals surface area contributed by atoms with Gasteiger partial charge in [-0.15, -0.1) is 0 Å². The topological polar surface area (TPSA) is 70.6 Å². The molecule has 0 aliphatic rings. The summed E-state index contributed by atoms with van der Waals surface area (Å²) in [5.41, 5.74) is 0.999. The zero-order valence-electron chi connectivity index (χ0n) is 13.8. The molecule has 2 rings (SSSR count). The number of anilines is 1. The Hall–Kier alpha value is -2.34. The predicted octanol–water partition coefficient (Wildman–Crippen LogP) is 1.85. The largest absolute Gasteiger partial charge is 0.380 e. The molecule has 6 nitrogen and oxygen atoms in total. The standard InChI is InChI=1S/C17H25N5O/c1-3-23-13-12-21-17(18-2)20-11-10-19-16-9-8-14-6-4-5-7-15(14)22-16/h4-9H,3,10-13H2,1-2H3,(H,19,22)(H2,18,20,21). The SMILES string of the molecule is CCOCCNC(=NC)NCCNc1ccc2ccccc2n1. The van der Waals surface area contributed by atoms with Crippen LogP contribution in [-0.4, -0.2) is 50.8 Å². The first-order valence-corrected chi connectivity index (χ1v) is 7.95. The van der Waals surface area contributed by atoms with E-state index >= 15 is 0 Å². The van der Waals surface area contributed by atoms with E-state index in [0.29, 0.717) is 6.61 Å². The molecule has 2 aromatic rings. The third kappa shape index (κ3) is 5.75. The Bertz CT molecular complexity index is 629. The van der Waals surface area contributed by atoms with Gasteiger partial charge in [0.05, 0.1) is 12.1 Å². The molecule has 23 heavy (non-hydrogen) atoms. The summed E-state index contributed by atoms with van der Waals surface area (Å²) in [4.78, 5) is 8.75. The number of benzene rings is 1. The average Bonchev–Trinajstić information content (AvgIpc) is 2.60. The Morgan fingerprint density at radius 3 is 2.74 bits per heavy atom. The lowest BCUT2D eigenvalue weighted by atomic mass is 10.2. The third-order valence-electron chi connectivity index (χ3n) is 3.29. The van der Waals surface area contributed by atoms with Crippen LogP contribution in [-0.2, 0) is 4.74 Å². The molecule has 0 aliphatic carbocycles. The normalized spacial score (nSPS) is 11.5. The molecule has 0 saturated heterocycles. The molecule has 1 aromatic heterocycles. The van der Waals surface area contributed by atoms with Crippen LogP contribution < -0.4 is 16.0 Å². The molecule has 3 N–H and O–H groups in total. The van der Waals surface area contributed by atoms with Crippen LogP contribution in [0, 0.1) is 0 Å². The van der Waals surface area contributed by atoms with Gasteiger partial charge in [-0.3, -0.25) is 4.99 Å². The number of guanidine groups is 1. The molecule has 0 atom stereocenters. The van der Waals surface area contributed by atoms with E-state index in [1.165, 1.54) is 0 Å². The van der Waals surface area contributed by atoms with Crippen molar-refractivity contribution < 1.29 is 4.74 Å². The lowest BCUT2D eigenvalue weighted by molar-refractivity contribution is 0.152. The first-order valence-electron chi connectivity index (χ1n) is 7.95. The lowest BCUT2D eigenvalue weighted by Crippen LogP contribution is -2.40. The van der Waals surface area contributed by atoms with E-state index in [1.54, 1.807) is 7.05 Å². The van der Waals surface area contributed by atoms with Gasteiger partial charge in [0.2, 0.25) is 0 Å². The number of nitrogens with zero attached hydrogens (tertiary/aromatic N) is 2. The van der Waals surface area contributed by atoms with Gasteiger partial charge in [-0.1, -0.05) is 18.2 Å². The molecule has 0 spiro atoms. The van der Waals surface area contributed by atoms with Gasteiger partial charge in [0, 0.05) is 38.7 Å². The molecule has 6 heteroatoms. The number of hydrogen-bond acceptors (Lipinski definition) is 4. The van der Waals surface area contributed by atoms with Gasteiger partial charge in [0.25, 0.3) is 0 Å². The summed E-state index contributed by atoms with van der Waals surface area (Å²) in [6, 6.07) is 12.2. The van der Waals surface area contributed by atoms with E-state index in [-0.39, 0.29) is 0 Å². The second kappa shape index (κ2) is 9.63. The van der Waals surface area contributed by atoms with Crippen molar-refractivity contribution in [3.05, 3.63) is 36.4 Å². The Morgan fingerprint density at radius 1 is 1.09 bits per heavy atom. The quantitative estimate of drug-likeness (QED) is 0.394. The number of pyridine rings is 1. The molecular formula is C17H25N5O. The molecule has 0 unspecified atom stereocenters. The minimum atomic E-state index is 0.677. The molecule has 0 radical (unpaired) electrons. The molecule has 1 aromatic carbocycles. The summed E-state index contributed by atoms with van der Waals surface area (Å²) < 4.78 is 5.28. The minimum absolute atomic E-state index is 0.677. The van der Waals surface area contributed by atoms with Gasteiger partial charge < -0.3 is 20.7 Å². The number of aliphatic imine (C=N–C) groups is 1. The van der Waals surface area contributed by atoms with E-state index in [1.807, 2.05) is 31.2 Å². The fraction of sp³-hybridized carbons (Fsp3) is 0.412. The Balaban J connectivity index is 1.71. The van der Waals surface area contributed by atoms with Gasteiger partial charge in [-0.2, -0.15) is 0 Å². The summed E-state index contributed by atoms with van der Waals surface area (Å²) in [5, 5.41) is 10.9. The van der Waals surface area contributed by atoms with Crippen LogP contribution >= 0.6 is 0 Å². The molecule has 0 fully saturated rings. The Kier molecular flexibility index (Phi) is 7.13. The maximum atomic E-state index is 5.28. The summed E-state index contributed by atoms with van der Waals surface area (Å²) >= 11 is 0. The van der Waals surface area contributed by atoms with Crippen LogP contribution in [0.4, 0.5) is 5.82 Å². The second-order valence-electron chi connectivity index (χ2n) is 4.94. The minimum Gasteiger partial charge on any atom is -0.380 e. The number of aromatic nitrogens is 1. The van der Waals surface area contributed by atoms with E-state index in [0.717, 1.165) is 48.9 Å². The van der Waals surface area contributed by atoms with E-state index in [4.69, 9.17) is 4.74 Å². The second-order valence-corrected chi connectivity index (χ2v) is 4.94. The number of para-hydroxylation sites is 1. The number of ether oxygens (including phenoxy) is 1. The summed E-state index contributed by atoms with van der Waals surface area (Å²) in [6.07, 6.45) is 0. The molecule has 1 heterocycles. The van der Waals surface area contributed by atoms with Crippen molar-refractivity contribution in [2.45, 2.75) is 6.92 Å². The van der Waals surface area contributed by atoms with E-state index in [9.17, 15) is 0 Å². The zero-order chi connectivity index (χ0) is 16.3. The molecule has 0 aliphatic heterocycles. The van der Waals surface area contributed by atoms with Crippen LogP contribution in [0.2, 0.25) is 0 Å². The van der Waals surface area contributed by atoms with Crippen molar-refractivity contribution in [1.29, 1.82) is 0 Å². The van der Waals surface area contributed by atoms with Crippen molar-refractivity contribution >= 4 is 22.7 Å². The fourth-order valence-electron chi connectivity index (χ4n) is 2.14. The maximum absolute atomic E-state index is 5.28. The predicted molar refractivity (Wildman–Crippen MR) is 96.1 cm³/mol. The highest BCUT2D eigenvalue weighted by molar-refractivity contribution is 5.80. The zero-order valence-corrected chi connectivity index (χ0v) is 13.8. The molecule has 0 amide bonds. The van der Waals surface area contributed by atoms with Crippen molar-refractivity contribution in [3.8, 4) is 0 Å². The van der Waals surface area contributed by atoms with E-state index < -0.39 is 0 Å². The van der Waals surface area contributed by atoms with Crippen LogP contribution in [0.3, 0.4) is 0 Å². The highest BCUT2D eigenvalue weighted by atomic mass is 16.5. The smallest absolute Gasteiger partial charge is 0.191 e. The number of hydrogen-bond donors (Lipinski definition) is 3. The molecule has 124 valence electrons. The van der Waals surface area contributed by atoms with Crippen molar-refractivity contribution in [1.82, 2.24) is 15.6 Å². The van der Waals surface area contributed by atoms with Gasteiger partial charge >= 0.3 is 0 Å². The highest BCUT2D eigenvalue weighted by Gasteiger charge is 1.99. The summed E-state index contributed by atoms with van der Waals surface area (Å²) in [6.45, 7) is 5.65. The third-order valence-corrected chi connectivity index (χ3v) is 3.29. The monoisotopic (exact) mass is 315 g/mol. The maximum Gasteiger partial charge on any atom is 0.191 e. The number of fused-ring (bicyclic) bond motifs is 1. The number of nitrogens with one attached hydrogen (secondary N) is 3. The van der Waals surface area contributed by atoms with Gasteiger partial charge in [0.15, 0.2) is 5.96 Å². The summed E-state index contributed by atoms with van der Waals surface area (Å²) in [5.74, 6) is 1.66. The Labute approximate surface area is 137 Å². The lowest BCUT2D eigenvalue weighted by Gasteiger charge is -2.12. The number of rotatable bonds is 8. The van der Waals surface area contributed by atoms with Crippen molar-refractivity contribution in [2.75, 3.05) is 45.2 Å².